The molecule has 1 N–H and O–H groups in total. The Labute approximate surface area is 170 Å². The van der Waals surface area contributed by atoms with Crippen LogP contribution in [-0.2, 0) is 10.2 Å². The lowest BCUT2D eigenvalue weighted by atomic mass is 9.91. The normalized spacial score (nSPS) is 18.1. The van der Waals surface area contributed by atoms with Gasteiger partial charge in [-0.2, -0.15) is 4.98 Å². The molecule has 2 atom stereocenters. The SMILES string of the molecule is CC(C)[C@H]1COC(=O)N1c1nc(N[C@@H](C)c2ccc(C(C)(C)C)nc2)ncc1F. The predicted octanol–water partition coefficient (Wildman–Crippen LogP) is 4.46. The molecule has 0 aromatic carbocycles. The summed E-state index contributed by atoms with van der Waals surface area (Å²) in [7, 11) is 0. The Morgan fingerprint density at radius 3 is 2.52 bits per heavy atom. The number of hydrogen-bond donors (Lipinski definition) is 1. The molecule has 8 heteroatoms. The second-order valence-corrected chi connectivity index (χ2v) is 8.72. The number of cyclic esters (lactones) is 1. The monoisotopic (exact) mass is 401 g/mol. The van der Waals surface area contributed by atoms with Crippen molar-refractivity contribution in [3.8, 4) is 0 Å². The summed E-state index contributed by atoms with van der Waals surface area (Å²) < 4.78 is 19.5. The summed E-state index contributed by atoms with van der Waals surface area (Å²) in [4.78, 5) is 26.3. The van der Waals surface area contributed by atoms with Crippen LogP contribution in [0, 0.1) is 11.7 Å². The highest BCUT2D eigenvalue weighted by molar-refractivity contribution is 5.89. The second kappa shape index (κ2) is 7.93. The topological polar surface area (TPSA) is 80.2 Å². The average Bonchev–Trinajstić information content (AvgIpc) is 3.04. The summed E-state index contributed by atoms with van der Waals surface area (Å²) in [5, 5.41) is 3.16. The van der Waals surface area contributed by atoms with Crippen LogP contribution in [0.25, 0.3) is 0 Å². The van der Waals surface area contributed by atoms with E-state index in [1.807, 2.05) is 39.1 Å². The van der Waals surface area contributed by atoms with Crippen molar-refractivity contribution in [2.45, 2.75) is 59.0 Å². The number of ether oxygens (including phenoxy) is 1. The molecular weight excluding hydrogens is 373 g/mol. The highest BCUT2D eigenvalue weighted by Gasteiger charge is 2.38. The van der Waals surface area contributed by atoms with Gasteiger partial charge in [0.15, 0.2) is 11.6 Å². The van der Waals surface area contributed by atoms with Gasteiger partial charge < -0.3 is 10.1 Å². The zero-order valence-corrected chi connectivity index (χ0v) is 17.7. The van der Waals surface area contributed by atoms with Gasteiger partial charge in [0, 0.05) is 17.3 Å². The summed E-state index contributed by atoms with van der Waals surface area (Å²) in [6, 6.07) is 3.58. The number of carbonyl (C=O) groups is 1. The van der Waals surface area contributed by atoms with Gasteiger partial charge in [-0.05, 0) is 24.5 Å². The third-order valence-corrected chi connectivity index (χ3v) is 5.03. The van der Waals surface area contributed by atoms with Gasteiger partial charge in [0.1, 0.15) is 6.61 Å². The van der Waals surface area contributed by atoms with Gasteiger partial charge in [-0.15, -0.1) is 0 Å². The molecule has 0 bridgehead atoms. The van der Waals surface area contributed by atoms with Crippen LogP contribution < -0.4 is 10.2 Å². The summed E-state index contributed by atoms with van der Waals surface area (Å²) in [6.07, 6.45) is 2.29. The first-order valence-corrected chi connectivity index (χ1v) is 9.79. The van der Waals surface area contributed by atoms with Gasteiger partial charge >= 0.3 is 6.09 Å². The van der Waals surface area contributed by atoms with Gasteiger partial charge in [-0.3, -0.25) is 9.88 Å². The van der Waals surface area contributed by atoms with Gasteiger partial charge in [0.25, 0.3) is 0 Å². The van der Waals surface area contributed by atoms with Crippen molar-refractivity contribution in [1.82, 2.24) is 15.0 Å². The quantitative estimate of drug-likeness (QED) is 0.797. The van der Waals surface area contributed by atoms with Crippen LogP contribution in [0.15, 0.2) is 24.5 Å². The maximum absolute atomic E-state index is 14.4. The summed E-state index contributed by atoms with van der Waals surface area (Å²) in [5.74, 6) is -0.407. The number of carbonyl (C=O) groups excluding carboxylic acids is 1. The molecule has 1 fully saturated rings. The lowest BCUT2D eigenvalue weighted by molar-refractivity contribution is 0.177. The number of halogens is 1. The molecule has 156 valence electrons. The Hall–Kier alpha value is -2.77. The molecule has 1 aliphatic heterocycles. The van der Waals surface area contributed by atoms with Crippen molar-refractivity contribution in [2.75, 3.05) is 16.8 Å². The smallest absolute Gasteiger partial charge is 0.416 e. The molecule has 29 heavy (non-hydrogen) atoms. The van der Waals surface area contributed by atoms with E-state index in [0.717, 1.165) is 17.5 Å². The van der Waals surface area contributed by atoms with Crippen LogP contribution in [0.1, 0.15) is 58.8 Å². The number of hydrogen-bond acceptors (Lipinski definition) is 6. The van der Waals surface area contributed by atoms with Crippen LogP contribution in [-0.4, -0.2) is 33.7 Å². The minimum absolute atomic E-state index is 0.0263. The van der Waals surface area contributed by atoms with Crippen LogP contribution in [0.3, 0.4) is 0 Å². The molecule has 0 spiro atoms. The standard InChI is InChI=1S/C21H28FN5O2/c1-12(2)16-11-29-20(28)27(16)18-15(22)10-24-19(26-18)25-13(3)14-7-8-17(23-9-14)21(4,5)6/h7-10,12-13,16H,11H2,1-6H3,(H,24,25,26)/t13-,16+/m0/s1. The molecular formula is C21H28FN5O2. The third-order valence-electron chi connectivity index (χ3n) is 5.03. The van der Waals surface area contributed by atoms with E-state index in [1.54, 1.807) is 0 Å². The van der Waals surface area contributed by atoms with Crippen LogP contribution >= 0.6 is 0 Å². The number of aromatic nitrogens is 3. The molecule has 3 heterocycles. The fourth-order valence-corrected chi connectivity index (χ4v) is 3.15. The van der Waals surface area contributed by atoms with Gasteiger partial charge in [0.2, 0.25) is 5.95 Å². The lowest BCUT2D eigenvalue weighted by Gasteiger charge is -2.24. The lowest BCUT2D eigenvalue weighted by Crippen LogP contribution is -2.38. The minimum atomic E-state index is -0.663. The molecule has 7 nitrogen and oxygen atoms in total. The Bertz CT molecular complexity index is 880. The molecule has 0 saturated carbocycles. The average molecular weight is 401 g/mol. The number of nitrogens with zero attached hydrogens (tertiary/aromatic N) is 4. The fourth-order valence-electron chi connectivity index (χ4n) is 3.15. The van der Waals surface area contributed by atoms with Crippen molar-refractivity contribution in [1.29, 1.82) is 0 Å². The summed E-state index contributed by atoms with van der Waals surface area (Å²) >= 11 is 0. The van der Waals surface area contributed by atoms with E-state index >= 15 is 0 Å². The first kappa shape index (κ1) is 21.0. The highest BCUT2D eigenvalue weighted by atomic mass is 19.1. The molecule has 3 rings (SSSR count). The van der Waals surface area contributed by atoms with Gasteiger partial charge in [0.05, 0.1) is 18.3 Å². The van der Waals surface area contributed by atoms with E-state index in [-0.39, 0.29) is 41.8 Å². The van der Waals surface area contributed by atoms with Gasteiger partial charge in [-0.1, -0.05) is 40.7 Å². The van der Waals surface area contributed by atoms with Crippen molar-refractivity contribution in [2.24, 2.45) is 5.92 Å². The van der Waals surface area contributed by atoms with E-state index < -0.39 is 11.9 Å². The molecule has 2 aromatic rings. The van der Waals surface area contributed by atoms with Crippen molar-refractivity contribution in [3.63, 3.8) is 0 Å². The molecule has 1 aliphatic rings. The number of anilines is 2. The largest absolute Gasteiger partial charge is 0.447 e. The van der Waals surface area contributed by atoms with Crippen molar-refractivity contribution < 1.29 is 13.9 Å². The second-order valence-electron chi connectivity index (χ2n) is 8.72. The van der Waals surface area contributed by atoms with E-state index in [2.05, 4.69) is 41.0 Å². The number of rotatable bonds is 5. The van der Waals surface area contributed by atoms with Crippen molar-refractivity contribution in [3.05, 3.63) is 41.6 Å². The maximum atomic E-state index is 14.4. The molecule has 0 unspecified atom stereocenters. The Morgan fingerprint density at radius 1 is 1.21 bits per heavy atom. The van der Waals surface area contributed by atoms with Crippen molar-refractivity contribution >= 4 is 17.9 Å². The first-order valence-electron chi connectivity index (χ1n) is 9.79. The zero-order chi connectivity index (χ0) is 21.3. The zero-order valence-electron chi connectivity index (χ0n) is 17.7. The Balaban J connectivity index is 1.82. The van der Waals surface area contributed by atoms with E-state index in [0.29, 0.717) is 0 Å². The van der Waals surface area contributed by atoms with Crippen LogP contribution in [0.4, 0.5) is 21.0 Å². The maximum Gasteiger partial charge on any atom is 0.416 e. The van der Waals surface area contributed by atoms with Crippen LogP contribution in [0.5, 0.6) is 0 Å². The van der Waals surface area contributed by atoms with E-state index in [4.69, 9.17) is 4.74 Å². The summed E-state index contributed by atoms with van der Waals surface area (Å²) in [6.45, 7) is 12.4. The number of amides is 1. The molecule has 2 aromatic heterocycles. The number of pyridine rings is 1. The molecule has 0 radical (unpaired) electrons. The number of nitrogens with one attached hydrogen (secondary N) is 1. The summed E-state index contributed by atoms with van der Waals surface area (Å²) in [5.41, 5.74) is 1.93. The Kier molecular flexibility index (Phi) is 5.73. The minimum Gasteiger partial charge on any atom is -0.447 e. The van der Waals surface area contributed by atoms with E-state index in [9.17, 15) is 9.18 Å². The third kappa shape index (κ3) is 4.46. The first-order chi connectivity index (χ1) is 13.6. The fraction of sp³-hybridized carbons (Fsp3) is 0.524. The van der Waals surface area contributed by atoms with E-state index in [1.165, 1.54) is 4.90 Å². The Morgan fingerprint density at radius 2 is 1.93 bits per heavy atom. The van der Waals surface area contributed by atoms with Gasteiger partial charge in [-0.25, -0.2) is 14.2 Å². The highest BCUT2D eigenvalue weighted by Crippen LogP contribution is 2.29. The predicted molar refractivity (Wildman–Crippen MR) is 109 cm³/mol. The molecule has 1 amide bonds. The molecule has 1 saturated heterocycles. The van der Waals surface area contributed by atoms with Crippen LogP contribution in [0.2, 0.25) is 0 Å². The molecule has 0 aliphatic carbocycles.